The van der Waals surface area contributed by atoms with Crippen LogP contribution in [0.15, 0.2) is 42.5 Å². The molecule has 2 nitrogen and oxygen atoms in total. The van der Waals surface area contributed by atoms with Crippen LogP contribution in [0.25, 0.3) is 0 Å². The number of nitriles is 1. The zero-order valence-corrected chi connectivity index (χ0v) is 9.41. The van der Waals surface area contributed by atoms with Crippen LogP contribution in [0.3, 0.4) is 0 Å². The summed E-state index contributed by atoms with van der Waals surface area (Å²) in [6, 6.07) is 12.4. The van der Waals surface area contributed by atoms with E-state index in [1.54, 1.807) is 18.2 Å². The summed E-state index contributed by atoms with van der Waals surface area (Å²) in [6.45, 7) is 0. The number of benzene rings is 2. The van der Waals surface area contributed by atoms with Crippen molar-refractivity contribution in [2.45, 2.75) is 0 Å². The van der Waals surface area contributed by atoms with Crippen molar-refractivity contribution >= 4 is 11.6 Å². The molecule has 0 unspecified atom stereocenters. The zero-order chi connectivity index (χ0) is 12.3. The molecule has 2 rings (SSSR count). The summed E-state index contributed by atoms with van der Waals surface area (Å²) >= 11 is 5.86. The quantitative estimate of drug-likeness (QED) is 0.799. The van der Waals surface area contributed by atoms with E-state index < -0.39 is 0 Å². The van der Waals surface area contributed by atoms with Gasteiger partial charge < -0.3 is 4.74 Å². The average molecular weight is 248 g/mol. The van der Waals surface area contributed by atoms with Gasteiger partial charge in [-0.3, -0.25) is 0 Å². The van der Waals surface area contributed by atoms with Crippen LogP contribution in [0, 0.1) is 17.1 Å². The first-order valence-electron chi connectivity index (χ1n) is 4.83. The van der Waals surface area contributed by atoms with Crippen LogP contribution in [0.2, 0.25) is 5.02 Å². The Bertz CT molecular complexity index is 575. The number of hydrogen-bond donors (Lipinski definition) is 0. The van der Waals surface area contributed by atoms with Gasteiger partial charge in [0.1, 0.15) is 28.9 Å². The van der Waals surface area contributed by atoms with Crippen molar-refractivity contribution in [2.75, 3.05) is 0 Å². The van der Waals surface area contributed by atoms with E-state index in [1.807, 2.05) is 6.07 Å². The molecule has 0 saturated heterocycles. The van der Waals surface area contributed by atoms with Gasteiger partial charge in [-0.1, -0.05) is 17.7 Å². The molecule has 2 aromatic carbocycles. The molecule has 4 heteroatoms. The summed E-state index contributed by atoms with van der Waals surface area (Å²) in [5.41, 5.74) is 0.262. The number of hydrogen-bond acceptors (Lipinski definition) is 2. The van der Waals surface area contributed by atoms with Crippen molar-refractivity contribution in [1.29, 1.82) is 5.26 Å². The lowest BCUT2D eigenvalue weighted by Crippen LogP contribution is -1.89. The van der Waals surface area contributed by atoms with Gasteiger partial charge in [0.15, 0.2) is 0 Å². The fourth-order valence-corrected chi connectivity index (χ4v) is 1.54. The van der Waals surface area contributed by atoms with Gasteiger partial charge in [0.05, 0.1) is 5.02 Å². The van der Waals surface area contributed by atoms with E-state index in [2.05, 4.69) is 0 Å². The van der Waals surface area contributed by atoms with Gasteiger partial charge in [0.25, 0.3) is 0 Å². The van der Waals surface area contributed by atoms with Crippen LogP contribution < -0.4 is 4.74 Å². The third-order valence-electron chi connectivity index (χ3n) is 2.13. The second kappa shape index (κ2) is 4.86. The highest BCUT2D eigenvalue weighted by atomic mass is 35.5. The molecular weight excluding hydrogens is 241 g/mol. The predicted octanol–water partition coefficient (Wildman–Crippen LogP) is 4.14. The Labute approximate surface area is 103 Å². The minimum atomic E-state index is -0.344. The molecule has 0 aromatic heterocycles. The van der Waals surface area contributed by atoms with E-state index in [0.29, 0.717) is 16.5 Å². The van der Waals surface area contributed by atoms with E-state index in [9.17, 15) is 4.39 Å². The Morgan fingerprint density at radius 3 is 2.47 bits per heavy atom. The second-order valence-corrected chi connectivity index (χ2v) is 3.69. The van der Waals surface area contributed by atoms with Gasteiger partial charge in [-0.15, -0.1) is 0 Å². The van der Waals surface area contributed by atoms with Gasteiger partial charge >= 0.3 is 0 Å². The molecule has 0 amide bonds. The van der Waals surface area contributed by atoms with Crippen molar-refractivity contribution < 1.29 is 9.13 Å². The Hall–Kier alpha value is -2.05. The maximum Gasteiger partial charge on any atom is 0.146 e. The highest BCUT2D eigenvalue weighted by molar-refractivity contribution is 6.31. The van der Waals surface area contributed by atoms with E-state index >= 15 is 0 Å². The third-order valence-corrected chi connectivity index (χ3v) is 2.44. The highest BCUT2D eigenvalue weighted by Crippen LogP contribution is 2.29. The molecule has 0 radical (unpaired) electrons. The first kappa shape index (κ1) is 11.4. The molecule has 0 N–H and O–H groups in total. The van der Waals surface area contributed by atoms with E-state index in [4.69, 9.17) is 21.6 Å². The number of ether oxygens (including phenoxy) is 1. The van der Waals surface area contributed by atoms with Gasteiger partial charge in [-0.05, 0) is 36.4 Å². The maximum atomic E-state index is 12.7. The molecule has 0 heterocycles. The Balaban J connectivity index is 2.34. The van der Waals surface area contributed by atoms with Crippen LogP contribution in [0.5, 0.6) is 11.5 Å². The molecule has 0 fully saturated rings. The molecule has 0 aliphatic carbocycles. The lowest BCUT2D eigenvalue weighted by atomic mass is 10.2. The maximum absolute atomic E-state index is 12.7. The van der Waals surface area contributed by atoms with Crippen LogP contribution in [0.4, 0.5) is 4.39 Å². The lowest BCUT2D eigenvalue weighted by Gasteiger charge is -2.07. The van der Waals surface area contributed by atoms with Gasteiger partial charge in [0, 0.05) is 0 Å². The van der Waals surface area contributed by atoms with Crippen LogP contribution in [-0.4, -0.2) is 0 Å². The molecule has 0 aliphatic rings. The minimum Gasteiger partial charge on any atom is -0.456 e. The minimum absolute atomic E-state index is 0.262. The standard InChI is InChI=1S/C13H7ClFNO/c14-12-2-1-3-13(11(12)8-16)17-10-6-4-9(15)5-7-10/h1-7H. The fourth-order valence-electron chi connectivity index (χ4n) is 1.33. The van der Waals surface area contributed by atoms with E-state index in [1.165, 1.54) is 24.3 Å². The topological polar surface area (TPSA) is 33.0 Å². The van der Waals surface area contributed by atoms with Crippen LogP contribution in [-0.2, 0) is 0 Å². The van der Waals surface area contributed by atoms with Crippen molar-refractivity contribution in [1.82, 2.24) is 0 Å². The molecule has 17 heavy (non-hydrogen) atoms. The van der Waals surface area contributed by atoms with Crippen molar-refractivity contribution in [2.24, 2.45) is 0 Å². The normalized spacial score (nSPS) is 9.71. The third kappa shape index (κ3) is 2.55. The highest BCUT2D eigenvalue weighted by Gasteiger charge is 2.08. The van der Waals surface area contributed by atoms with E-state index in [0.717, 1.165) is 0 Å². The zero-order valence-electron chi connectivity index (χ0n) is 8.65. The van der Waals surface area contributed by atoms with Gasteiger partial charge in [-0.2, -0.15) is 5.26 Å². The molecule has 0 saturated carbocycles. The summed E-state index contributed by atoms with van der Waals surface area (Å²) in [5.74, 6) is 0.459. The largest absolute Gasteiger partial charge is 0.456 e. The predicted molar refractivity (Wildman–Crippen MR) is 62.6 cm³/mol. The number of halogens is 2. The van der Waals surface area contributed by atoms with Crippen LogP contribution in [0.1, 0.15) is 5.56 Å². The molecular formula is C13H7ClFNO. The molecule has 0 spiro atoms. The van der Waals surface area contributed by atoms with Crippen molar-refractivity contribution in [3.05, 3.63) is 58.9 Å². The first-order valence-corrected chi connectivity index (χ1v) is 5.20. The average Bonchev–Trinajstić information content (AvgIpc) is 2.32. The van der Waals surface area contributed by atoms with Crippen molar-refractivity contribution in [3.63, 3.8) is 0 Å². The van der Waals surface area contributed by atoms with Crippen LogP contribution >= 0.6 is 11.6 Å². The lowest BCUT2D eigenvalue weighted by molar-refractivity contribution is 0.479. The van der Waals surface area contributed by atoms with Gasteiger partial charge in [-0.25, -0.2) is 4.39 Å². The molecule has 2 aromatic rings. The Kier molecular flexibility index (Phi) is 3.27. The fraction of sp³-hybridized carbons (Fsp3) is 0. The number of nitrogens with zero attached hydrogens (tertiary/aromatic N) is 1. The van der Waals surface area contributed by atoms with Crippen molar-refractivity contribution in [3.8, 4) is 17.6 Å². The number of rotatable bonds is 2. The second-order valence-electron chi connectivity index (χ2n) is 3.28. The smallest absolute Gasteiger partial charge is 0.146 e. The first-order chi connectivity index (χ1) is 8.20. The summed E-state index contributed by atoms with van der Waals surface area (Å²) in [7, 11) is 0. The van der Waals surface area contributed by atoms with Gasteiger partial charge in [0.2, 0.25) is 0 Å². The molecule has 0 aliphatic heterocycles. The SMILES string of the molecule is N#Cc1c(Cl)cccc1Oc1ccc(F)cc1. The summed E-state index contributed by atoms with van der Waals surface area (Å²) in [5, 5.41) is 9.27. The summed E-state index contributed by atoms with van der Waals surface area (Å²) in [4.78, 5) is 0. The van der Waals surface area contributed by atoms with E-state index in [-0.39, 0.29) is 11.4 Å². The molecule has 0 atom stereocenters. The summed E-state index contributed by atoms with van der Waals surface area (Å²) in [6.07, 6.45) is 0. The Morgan fingerprint density at radius 1 is 1.12 bits per heavy atom. The summed E-state index contributed by atoms with van der Waals surface area (Å²) < 4.78 is 18.2. The Morgan fingerprint density at radius 2 is 1.82 bits per heavy atom. The monoisotopic (exact) mass is 247 g/mol. The molecule has 0 bridgehead atoms. The molecule has 84 valence electrons.